The second-order valence-electron chi connectivity index (χ2n) is 7.11. The van der Waals surface area contributed by atoms with Crippen molar-refractivity contribution in [2.75, 3.05) is 5.32 Å². The highest BCUT2D eigenvalue weighted by Crippen LogP contribution is 2.31. The van der Waals surface area contributed by atoms with E-state index in [9.17, 15) is 4.79 Å². The van der Waals surface area contributed by atoms with Gasteiger partial charge in [0.2, 0.25) is 5.91 Å². The Kier molecular flexibility index (Phi) is 5.74. The Morgan fingerprint density at radius 2 is 2.00 bits per heavy atom. The lowest BCUT2D eigenvalue weighted by atomic mass is 10.2. The minimum Gasteiger partial charge on any atom is -0.441 e. The fourth-order valence-corrected chi connectivity index (χ4v) is 3.57. The van der Waals surface area contributed by atoms with Crippen LogP contribution in [-0.2, 0) is 11.2 Å². The number of carbonyl (C=O) groups is 1. The van der Waals surface area contributed by atoms with Gasteiger partial charge in [0.05, 0.1) is 29.3 Å². The Morgan fingerprint density at radius 1 is 1.17 bits per heavy atom. The monoisotopic (exact) mass is 443 g/mol. The van der Waals surface area contributed by atoms with E-state index in [2.05, 4.69) is 20.4 Å². The number of hydrogen-bond acceptors (Lipinski definition) is 5. The van der Waals surface area contributed by atoms with Crippen molar-refractivity contribution in [3.8, 4) is 11.3 Å². The Balaban J connectivity index is 1.38. The summed E-state index contributed by atoms with van der Waals surface area (Å²) in [5, 5.41) is 9.08. The fourth-order valence-electron chi connectivity index (χ4n) is 3.07. The number of amides is 1. The normalized spacial score (nSPS) is 11.4. The summed E-state index contributed by atoms with van der Waals surface area (Å²) in [6.07, 6.45) is 5.54. The van der Waals surface area contributed by atoms with Crippen LogP contribution in [0, 0.1) is 0 Å². The van der Waals surface area contributed by atoms with Gasteiger partial charge in [0.25, 0.3) is 0 Å². The van der Waals surface area contributed by atoms with Gasteiger partial charge < -0.3 is 9.73 Å². The van der Waals surface area contributed by atoms with Gasteiger partial charge >= 0.3 is 0 Å². The maximum atomic E-state index is 12.3. The zero-order valence-electron chi connectivity index (χ0n) is 16.4. The Morgan fingerprint density at radius 3 is 2.77 bits per heavy atom. The van der Waals surface area contributed by atoms with Gasteiger partial charge in [-0.3, -0.25) is 4.79 Å². The summed E-state index contributed by atoms with van der Waals surface area (Å²) in [6.45, 7) is 4.08. The second-order valence-corrected chi connectivity index (χ2v) is 7.95. The standard InChI is InChI=1S/C21H19Cl2N5O2/c1-12(2)28-21-13(9-26-28)7-15(10-25-21)27-19(29)5-6-20-24-11-18(30-20)16-4-3-14(22)8-17(16)23/h3-4,7-12H,5-6H2,1-2H3,(H,27,29). The SMILES string of the molecule is CC(C)n1ncc2cc(NC(=O)CCc3ncc(-c4ccc(Cl)cc4Cl)o3)cnc21. The smallest absolute Gasteiger partial charge is 0.224 e. The summed E-state index contributed by atoms with van der Waals surface area (Å²) < 4.78 is 7.57. The van der Waals surface area contributed by atoms with Crippen LogP contribution >= 0.6 is 23.2 Å². The molecule has 0 bridgehead atoms. The number of nitrogens with one attached hydrogen (secondary N) is 1. The van der Waals surface area contributed by atoms with E-state index in [1.165, 1.54) is 0 Å². The molecule has 0 atom stereocenters. The number of nitrogens with zero attached hydrogens (tertiary/aromatic N) is 4. The number of halogens is 2. The molecule has 1 aromatic carbocycles. The zero-order valence-corrected chi connectivity index (χ0v) is 17.9. The van der Waals surface area contributed by atoms with Gasteiger partial charge in [0, 0.05) is 34.9 Å². The van der Waals surface area contributed by atoms with E-state index in [1.54, 1.807) is 36.8 Å². The molecule has 0 aliphatic rings. The van der Waals surface area contributed by atoms with Gasteiger partial charge in [-0.2, -0.15) is 5.10 Å². The molecular weight excluding hydrogens is 425 g/mol. The molecule has 154 valence electrons. The van der Waals surface area contributed by atoms with Gasteiger partial charge in [-0.25, -0.2) is 14.6 Å². The van der Waals surface area contributed by atoms with E-state index in [1.807, 2.05) is 24.6 Å². The van der Waals surface area contributed by atoms with Crippen molar-refractivity contribution in [2.45, 2.75) is 32.7 Å². The molecule has 3 heterocycles. The van der Waals surface area contributed by atoms with E-state index >= 15 is 0 Å². The minimum atomic E-state index is -0.156. The number of aromatic nitrogens is 4. The number of benzene rings is 1. The summed E-state index contributed by atoms with van der Waals surface area (Å²) in [5.41, 5.74) is 2.11. The molecule has 0 radical (unpaired) electrons. The van der Waals surface area contributed by atoms with E-state index in [0.717, 1.165) is 11.0 Å². The lowest BCUT2D eigenvalue weighted by molar-refractivity contribution is -0.116. The third-order valence-electron chi connectivity index (χ3n) is 4.52. The number of rotatable bonds is 6. The summed E-state index contributed by atoms with van der Waals surface area (Å²) in [6, 6.07) is 7.21. The molecule has 1 N–H and O–H groups in total. The van der Waals surface area contributed by atoms with Crippen LogP contribution in [0.1, 0.15) is 32.2 Å². The number of hydrogen-bond donors (Lipinski definition) is 1. The van der Waals surface area contributed by atoms with Crippen molar-refractivity contribution >= 4 is 45.8 Å². The molecule has 0 fully saturated rings. The Labute approximate surface area is 183 Å². The highest BCUT2D eigenvalue weighted by molar-refractivity contribution is 6.36. The van der Waals surface area contributed by atoms with Crippen molar-refractivity contribution in [1.29, 1.82) is 0 Å². The first-order valence-corrected chi connectivity index (χ1v) is 10.2. The van der Waals surface area contributed by atoms with Gasteiger partial charge in [-0.15, -0.1) is 0 Å². The van der Waals surface area contributed by atoms with E-state index in [-0.39, 0.29) is 18.4 Å². The maximum absolute atomic E-state index is 12.3. The van der Waals surface area contributed by atoms with Crippen LogP contribution in [0.3, 0.4) is 0 Å². The first-order valence-electron chi connectivity index (χ1n) is 9.44. The second kappa shape index (κ2) is 8.45. The molecule has 9 heteroatoms. The highest BCUT2D eigenvalue weighted by Gasteiger charge is 2.13. The number of carbonyl (C=O) groups excluding carboxylic acids is 1. The van der Waals surface area contributed by atoms with Crippen LogP contribution in [0.5, 0.6) is 0 Å². The molecule has 7 nitrogen and oxygen atoms in total. The lowest BCUT2D eigenvalue weighted by Crippen LogP contribution is -2.12. The predicted octanol–water partition coefficient (Wildman–Crippen LogP) is 5.55. The van der Waals surface area contributed by atoms with Crippen molar-refractivity contribution in [1.82, 2.24) is 19.7 Å². The highest BCUT2D eigenvalue weighted by atomic mass is 35.5. The molecule has 4 rings (SSSR count). The fraction of sp³-hybridized carbons (Fsp3) is 0.238. The van der Waals surface area contributed by atoms with Crippen molar-refractivity contribution < 1.29 is 9.21 Å². The van der Waals surface area contributed by atoms with Gasteiger partial charge in [-0.05, 0) is 38.1 Å². The number of pyridine rings is 1. The van der Waals surface area contributed by atoms with Gasteiger partial charge in [0.1, 0.15) is 0 Å². The van der Waals surface area contributed by atoms with E-state index < -0.39 is 0 Å². The number of fused-ring (bicyclic) bond motifs is 1. The number of aryl methyl sites for hydroxylation is 1. The van der Waals surface area contributed by atoms with Crippen molar-refractivity contribution in [2.24, 2.45) is 0 Å². The predicted molar refractivity (Wildman–Crippen MR) is 117 cm³/mol. The van der Waals surface area contributed by atoms with Crippen molar-refractivity contribution in [3.63, 3.8) is 0 Å². The van der Waals surface area contributed by atoms with E-state index in [4.69, 9.17) is 27.6 Å². The van der Waals surface area contributed by atoms with Gasteiger partial charge in [-0.1, -0.05) is 23.2 Å². The number of oxazole rings is 1. The molecule has 30 heavy (non-hydrogen) atoms. The van der Waals surface area contributed by atoms with Crippen LogP contribution in [0.2, 0.25) is 10.0 Å². The summed E-state index contributed by atoms with van der Waals surface area (Å²) in [4.78, 5) is 21.0. The average molecular weight is 444 g/mol. The van der Waals surface area contributed by atoms with E-state index in [0.29, 0.717) is 39.4 Å². The number of anilines is 1. The Bertz CT molecular complexity index is 1220. The molecule has 0 saturated carbocycles. The van der Waals surface area contributed by atoms with Crippen LogP contribution in [-0.4, -0.2) is 25.7 Å². The molecule has 1 amide bonds. The quantitative estimate of drug-likeness (QED) is 0.422. The van der Waals surface area contributed by atoms with Crippen LogP contribution in [0.15, 0.2) is 47.3 Å². The van der Waals surface area contributed by atoms with Gasteiger partial charge in [0.15, 0.2) is 17.3 Å². The van der Waals surface area contributed by atoms with Crippen LogP contribution < -0.4 is 5.32 Å². The third kappa shape index (κ3) is 4.32. The largest absolute Gasteiger partial charge is 0.441 e. The average Bonchev–Trinajstić information content (AvgIpc) is 3.33. The molecule has 0 saturated heterocycles. The molecular formula is C21H19Cl2N5O2. The van der Waals surface area contributed by atoms with Crippen LogP contribution in [0.4, 0.5) is 5.69 Å². The summed E-state index contributed by atoms with van der Waals surface area (Å²) >= 11 is 12.1. The van der Waals surface area contributed by atoms with Crippen molar-refractivity contribution in [3.05, 3.63) is 58.8 Å². The topological polar surface area (TPSA) is 85.8 Å². The van der Waals surface area contributed by atoms with Crippen LogP contribution in [0.25, 0.3) is 22.4 Å². The maximum Gasteiger partial charge on any atom is 0.224 e. The lowest BCUT2D eigenvalue weighted by Gasteiger charge is -2.07. The zero-order chi connectivity index (χ0) is 21.3. The molecule has 3 aromatic heterocycles. The molecule has 0 aliphatic heterocycles. The summed E-state index contributed by atoms with van der Waals surface area (Å²) in [5.74, 6) is 0.832. The first-order chi connectivity index (χ1) is 14.4. The molecule has 0 aliphatic carbocycles. The molecule has 4 aromatic rings. The summed E-state index contributed by atoms with van der Waals surface area (Å²) in [7, 11) is 0. The third-order valence-corrected chi connectivity index (χ3v) is 5.07. The minimum absolute atomic E-state index is 0.156. The first kappa shape index (κ1) is 20.4. The Hall–Kier alpha value is -2.90. The molecule has 0 unspecified atom stereocenters. The molecule has 0 spiro atoms.